The molecule has 0 spiro atoms. The standard InChI is InChI=1S/C23H19Cl2F2N3O3/c1-29(2)19-6-13(10-28-21(19)23(32)33)11-30(12-14-4-3-5-18(24)20(14)25)22(31)15-7-16(26)9-17(27)8-15/h3-10H,11-12H2,1-2H3,(H,32,33). The van der Waals surface area contributed by atoms with E-state index in [9.17, 15) is 23.5 Å². The van der Waals surface area contributed by atoms with Crippen LogP contribution in [0.4, 0.5) is 14.5 Å². The minimum Gasteiger partial charge on any atom is -0.476 e. The predicted octanol–water partition coefficient (Wildman–Crippen LogP) is 5.27. The molecule has 0 radical (unpaired) electrons. The number of carbonyl (C=O) groups is 2. The maximum Gasteiger partial charge on any atom is 0.356 e. The van der Waals surface area contributed by atoms with Crippen molar-refractivity contribution in [2.45, 2.75) is 13.1 Å². The Morgan fingerprint density at radius 1 is 1.03 bits per heavy atom. The van der Waals surface area contributed by atoms with Crippen molar-refractivity contribution in [2.75, 3.05) is 19.0 Å². The third kappa shape index (κ3) is 5.77. The SMILES string of the molecule is CN(C)c1cc(CN(Cc2cccc(Cl)c2Cl)C(=O)c2cc(F)cc(F)c2)cnc1C(=O)O. The minimum absolute atomic E-state index is 0.0195. The first-order chi connectivity index (χ1) is 15.6. The summed E-state index contributed by atoms with van der Waals surface area (Å²) >= 11 is 12.4. The van der Waals surface area contributed by atoms with E-state index in [2.05, 4.69) is 4.98 Å². The van der Waals surface area contributed by atoms with Gasteiger partial charge in [-0.1, -0.05) is 35.3 Å². The minimum atomic E-state index is -1.20. The molecule has 0 aliphatic carbocycles. The zero-order chi connectivity index (χ0) is 24.3. The van der Waals surface area contributed by atoms with Crippen molar-refractivity contribution in [1.29, 1.82) is 0 Å². The summed E-state index contributed by atoms with van der Waals surface area (Å²) in [6.45, 7) is -0.0537. The van der Waals surface area contributed by atoms with Crippen LogP contribution in [0.5, 0.6) is 0 Å². The molecule has 1 heterocycles. The third-order valence-corrected chi connectivity index (χ3v) is 5.63. The van der Waals surface area contributed by atoms with Crippen LogP contribution in [0.3, 0.4) is 0 Å². The molecule has 0 fully saturated rings. The first-order valence-corrected chi connectivity index (χ1v) is 10.4. The van der Waals surface area contributed by atoms with Crippen LogP contribution >= 0.6 is 23.2 Å². The lowest BCUT2D eigenvalue weighted by Crippen LogP contribution is -2.31. The van der Waals surface area contributed by atoms with Crippen molar-refractivity contribution < 1.29 is 23.5 Å². The maximum absolute atomic E-state index is 13.8. The summed E-state index contributed by atoms with van der Waals surface area (Å²) < 4.78 is 27.5. The molecule has 33 heavy (non-hydrogen) atoms. The first kappa shape index (κ1) is 24.4. The van der Waals surface area contributed by atoms with Crippen LogP contribution in [0.15, 0.2) is 48.7 Å². The maximum atomic E-state index is 13.8. The summed E-state index contributed by atoms with van der Waals surface area (Å²) in [4.78, 5) is 31.6. The molecule has 1 aromatic heterocycles. The second-order valence-electron chi connectivity index (χ2n) is 7.44. The number of benzene rings is 2. The lowest BCUT2D eigenvalue weighted by molar-refractivity contribution is 0.0687. The summed E-state index contributed by atoms with van der Waals surface area (Å²) in [5.74, 6) is -3.62. The molecule has 0 aliphatic rings. The topological polar surface area (TPSA) is 73.7 Å². The smallest absolute Gasteiger partial charge is 0.356 e. The molecule has 1 amide bonds. The van der Waals surface area contributed by atoms with Gasteiger partial charge in [0.2, 0.25) is 0 Å². The van der Waals surface area contributed by atoms with E-state index in [0.717, 1.165) is 12.1 Å². The molecule has 0 bridgehead atoms. The Hall–Kier alpha value is -3.23. The van der Waals surface area contributed by atoms with Gasteiger partial charge in [-0.3, -0.25) is 4.79 Å². The number of nitrogens with zero attached hydrogens (tertiary/aromatic N) is 3. The molecule has 0 saturated heterocycles. The molecule has 0 saturated carbocycles. The zero-order valence-electron chi connectivity index (χ0n) is 17.7. The average molecular weight is 494 g/mol. The Bertz CT molecular complexity index is 1200. The molecule has 0 unspecified atom stereocenters. The second-order valence-corrected chi connectivity index (χ2v) is 8.23. The fourth-order valence-corrected chi connectivity index (χ4v) is 3.62. The van der Waals surface area contributed by atoms with Crippen LogP contribution in [-0.4, -0.2) is 41.0 Å². The van der Waals surface area contributed by atoms with Crippen molar-refractivity contribution in [3.63, 3.8) is 0 Å². The van der Waals surface area contributed by atoms with Gasteiger partial charge in [-0.2, -0.15) is 0 Å². The number of aromatic nitrogens is 1. The highest BCUT2D eigenvalue weighted by Crippen LogP contribution is 2.28. The van der Waals surface area contributed by atoms with Gasteiger partial charge in [-0.25, -0.2) is 18.6 Å². The molecular weight excluding hydrogens is 475 g/mol. The first-order valence-electron chi connectivity index (χ1n) is 9.64. The summed E-state index contributed by atoms with van der Waals surface area (Å²) in [7, 11) is 3.33. The van der Waals surface area contributed by atoms with Crippen molar-refractivity contribution in [2.24, 2.45) is 0 Å². The van der Waals surface area contributed by atoms with Gasteiger partial charge in [-0.05, 0) is 35.4 Å². The fraction of sp³-hybridized carbons (Fsp3) is 0.174. The number of halogens is 4. The Balaban J connectivity index is 2.03. The van der Waals surface area contributed by atoms with Crippen molar-refractivity contribution in [3.05, 3.63) is 92.7 Å². The van der Waals surface area contributed by atoms with Gasteiger partial charge in [0.25, 0.3) is 5.91 Å². The van der Waals surface area contributed by atoms with Gasteiger partial charge in [0.1, 0.15) is 11.6 Å². The second kappa shape index (κ2) is 10.1. The summed E-state index contributed by atoms with van der Waals surface area (Å²) in [5.41, 5.74) is 1.04. The Labute approximate surface area is 199 Å². The van der Waals surface area contributed by atoms with Crippen LogP contribution < -0.4 is 4.90 Å². The lowest BCUT2D eigenvalue weighted by atomic mass is 10.1. The fourth-order valence-electron chi connectivity index (χ4n) is 3.24. The van der Waals surface area contributed by atoms with Gasteiger partial charge in [-0.15, -0.1) is 0 Å². The number of pyridine rings is 1. The van der Waals surface area contributed by atoms with E-state index in [1.54, 1.807) is 43.3 Å². The molecule has 10 heteroatoms. The van der Waals surface area contributed by atoms with E-state index >= 15 is 0 Å². The lowest BCUT2D eigenvalue weighted by Gasteiger charge is -2.25. The summed E-state index contributed by atoms with van der Waals surface area (Å²) in [5, 5.41) is 9.91. The number of anilines is 1. The Kier molecular flexibility index (Phi) is 7.50. The Morgan fingerprint density at radius 3 is 2.30 bits per heavy atom. The van der Waals surface area contributed by atoms with Crippen molar-refractivity contribution in [1.82, 2.24) is 9.88 Å². The van der Waals surface area contributed by atoms with Gasteiger partial charge in [0.15, 0.2) is 5.69 Å². The molecule has 172 valence electrons. The van der Waals surface area contributed by atoms with Gasteiger partial charge >= 0.3 is 5.97 Å². The number of rotatable bonds is 7. The van der Waals surface area contributed by atoms with E-state index in [-0.39, 0.29) is 29.4 Å². The Morgan fingerprint density at radius 2 is 1.70 bits per heavy atom. The van der Waals surface area contributed by atoms with E-state index in [0.29, 0.717) is 27.9 Å². The van der Waals surface area contributed by atoms with Crippen LogP contribution in [0.25, 0.3) is 0 Å². The normalized spacial score (nSPS) is 10.7. The number of carbonyl (C=O) groups excluding carboxylic acids is 1. The number of aromatic carboxylic acids is 1. The number of carboxylic acid groups (broad SMARTS) is 1. The average Bonchev–Trinajstić information content (AvgIpc) is 2.74. The molecule has 2 aromatic carbocycles. The van der Waals surface area contributed by atoms with Crippen molar-refractivity contribution >= 4 is 40.8 Å². The van der Waals surface area contributed by atoms with Gasteiger partial charge < -0.3 is 14.9 Å². The quantitative estimate of drug-likeness (QED) is 0.485. The monoisotopic (exact) mass is 493 g/mol. The molecule has 3 aromatic rings. The molecular formula is C23H19Cl2F2N3O3. The van der Waals surface area contributed by atoms with E-state index in [4.69, 9.17) is 23.2 Å². The largest absolute Gasteiger partial charge is 0.476 e. The number of carboxylic acids is 1. The number of amides is 1. The zero-order valence-corrected chi connectivity index (χ0v) is 19.2. The van der Waals surface area contributed by atoms with Crippen LogP contribution in [0, 0.1) is 11.6 Å². The van der Waals surface area contributed by atoms with Gasteiger partial charge in [0.05, 0.1) is 15.7 Å². The highest BCUT2D eigenvalue weighted by molar-refractivity contribution is 6.42. The van der Waals surface area contributed by atoms with E-state index in [1.807, 2.05) is 0 Å². The van der Waals surface area contributed by atoms with Crippen LogP contribution in [0.2, 0.25) is 10.0 Å². The molecule has 1 N–H and O–H groups in total. The van der Waals surface area contributed by atoms with Crippen LogP contribution in [-0.2, 0) is 13.1 Å². The molecule has 0 aliphatic heterocycles. The van der Waals surface area contributed by atoms with E-state index in [1.165, 1.54) is 11.1 Å². The van der Waals surface area contributed by atoms with Crippen LogP contribution in [0.1, 0.15) is 32.0 Å². The highest BCUT2D eigenvalue weighted by Gasteiger charge is 2.22. The number of hydrogen-bond donors (Lipinski definition) is 1. The third-order valence-electron chi connectivity index (χ3n) is 4.77. The van der Waals surface area contributed by atoms with Gasteiger partial charge in [0, 0.05) is 45.0 Å². The summed E-state index contributed by atoms with van der Waals surface area (Å²) in [6, 6.07) is 9.08. The highest BCUT2D eigenvalue weighted by atomic mass is 35.5. The van der Waals surface area contributed by atoms with E-state index < -0.39 is 23.5 Å². The van der Waals surface area contributed by atoms with Crippen molar-refractivity contribution in [3.8, 4) is 0 Å². The molecule has 6 nitrogen and oxygen atoms in total. The molecule has 3 rings (SSSR count). The molecule has 0 atom stereocenters. The predicted molar refractivity (Wildman–Crippen MR) is 122 cm³/mol. The number of hydrogen-bond acceptors (Lipinski definition) is 4. The summed E-state index contributed by atoms with van der Waals surface area (Å²) in [6.07, 6.45) is 1.34.